The van der Waals surface area contributed by atoms with E-state index < -0.39 is 0 Å². The van der Waals surface area contributed by atoms with Crippen molar-refractivity contribution >= 4 is 17.7 Å². The summed E-state index contributed by atoms with van der Waals surface area (Å²) in [4.78, 5) is 14.2. The molecule has 2 heterocycles. The fourth-order valence-electron chi connectivity index (χ4n) is 2.27. The third-order valence-electron chi connectivity index (χ3n) is 3.35. The third kappa shape index (κ3) is 3.86. The maximum Gasteiger partial charge on any atom is 0.225 e. The molecule has 0 aromatic carbocycles. The largest absolute Gasteiger partial charge is 0.375 e. The lowest BCUT2D eigenvalue weighted by Gasteiger charge is -2.33. The molecule has 0 radical (unpaired) electrons. The minimum absolute atomic E-state index is 0.0749. The molecule has 2 saturated heterocycles. The summed E-state index contributed by atoms with van der Waals surface area (Å²) in [6.07, 6.45) is 1.76. The van der Waals surface area contributed by atoms with Gasteiger partial charge in [0.25, 0.3) is 0 Å². The Bertz CT molecular complexity index is 257. The zero-order chi connectivity index (χ0) is 12.1. The van der Waals surface area contributed by atoms with Crippen LogP contribution in [0.1, 0.15) is 19.8 Å². The fraction of sp³-hybridized carbons (Fsp3) is 0.917. The van der Waals surface area contributed by atoms with Gasteiger partial charge >= 0.3 is 0 Å². The number of hydrogen-bond acceptors (Lipinski definition) is 4. The molecule has 0 aromatic heterocycles. The van der Waals surface area contributed by atoms with E-state index in [-0.39, 0.29) is 12.0 Å². The molecule has 2 aliphatic rings. The normalized spacial score (nSPS) is 30.3. The molecule has 0 spiro atoms. The van der Waals surface area contributed by atoms with Crippen LogP contribution in [0.15, 0.2) is 0 Å². The Morgan fingerprint density at radius 3 is 3.18 bits per heavy atom. The Labute approximate surface area is 107 Å². The van der Waals surface area contributed by atoms with Gasteiger partial charge in [0.05, 0.1) is 19.1 Å². The lowest BCUT2D eigenvalue weighted by molar-refractivity contribution is -0.134. The van der Waals surface area contributed by atoms with Gasteiger partial charge in [-0.3, -0.25) is 4.79 Å². The van der Waals surface area contributed by atoms with E-state index >= 15 is 0 Å². The van der Waals surface area contributed by atoms with Gasteiger partial charge in [0.15, 0.2) is 0 Å². The number of thioether (sulfide) groups is 1. The molecular weight excluding hydrogens is 236 g/mol. The van der Waals surface area contributed by atoms with Crippen LogP contribution >= 0.6 is 11.8 Å². The van der Waals surface area contributed by atoms with Gasteiger partial charge in [0.2, 0.25) is 5.91 Å². The van der Waals surface area contributed by atoms with E-state index in [1.54, 1.807) is 0 Å². The molecule has 5 heteroatoms. The van der Waals surface area contributed by atoms with Gasteiger partial charge in [0, 0.05) is 37.2 Å². The minimum atomic E-state index is 0.0749. The average Bonchev–Trinajstić information content (AvgIpc) is 2.40. The molecule has 1 N–H and O–H groups in total. The van der Waals surface area contributed by atoms with E-state index in [9.17, 15) is 4.79 Å². The predicted molar refractivity (Wildman–Crippen MR) is 70.3 cm³/mol. The Balaban J connectivity index is 1.78. The number of hydrogen-bond donors (Lipinski definition) is 1. The molecule has 17 heavy (non-hydrogen) atoms. The second-order valence-corrected chi connectivity index (χ2v) is 6.05. The second kappa shape index (κ2) is 6.61. The van der Waals surface area contributed by atoms with E-state index in [4.69, 9.17) is 4.74 Å². The summed E-state index contributed by atoms with van der Waals surface area (Å²) < 4.78 is 5.58. The number of carbonyl (C=O) groups excluding carboxylic acids is 1. The summed E-state index contributed by atoms with van der Waals surface area (Å²) in [5, 5.41) is 3.89. The van der Waals surface area contributed by atoms with Crippen LogP contribution in [0.5, 0.6) is 0 Å². The molecule has 1 amide bonds. The van der Waals surface area contributed by atoms with Crippen molar-refractivity contribution in [1.29, 1.82) is 0 Å². The van der Waals surface area contributed by atoms with Crippen molar-refractivity contribution in [3.05, 3.63) is 0 Å². The Morgan fingerprint density at radius 2 is 2.47 bits per heavy atom. The molecule has 0 aromatic rings. The predicted octanol–water partition coefficient (Wildman–Crippen LogP) is 0.719. The fourth-order valence-corrected chi connectivity index (χ4v) is 3.45. The second-order valence-electron chi connectivity index (χ2n) is 4.64. The van der Waals surface area contributed by atoms with Gasteiger partial charge < -0.3 is 15.0 Å². The van der Waals surface area contributed by atoms with E-state index in [0.717, 1.165) is 45.0 Å². The summed E-state index contributed by atoms with van der Waals surface area (Å²) in [5.41, 5.74) is 0. The van der Waals surface area contributed by atoms with Crippen LogP contribution in [0.4, 0.5) is 0 Å². The summed E-state index contributed by atoms with van der Waals surface area (Å²) >= 11 is 1.99. The van der Waals surface area contributed by atoms with Gasteiger partial charge in [0.1, 0.15) is 0 Å². The number of amides is 1. The highest BCUT2D eigenvalue weighted by atomic mass is 32.2. The number of rotatable bonds is 3. The molecule has 4 nitrogen and oxygen atoms in total. The minimum Gasteiger partial charge on any atom is -0.375 e. The first-order valence-corrected chi connectivity index (χ1v) is 7.56. The molecule has 2 atom stereocenters. The van der Waals surface area contributed by atoms with Gasteiger partial charge in [-0.05, 0) is 6.42 Å². The topological polar surface area (TPSA) is 41.6 Å². The van der Waals surface area contributed by atoms with E-state index in [1.165, 1.54) is 0 Å². The first-order chi connectivity index (χ1) is 8.29. The average molecular weight is 258 g/mol. The van der Waals surface area contributed by atoms with Crippen molar-refractivity contribution in [2.75, 3.05) is 38.5 Å². The number of nitrogens with zero attached hydrogens (tertiary/aromatic N) is 1. The molecule has 98 valence electrons. The maximum absolute atomic E-state index is 12.1. The van der Waals surface area contributed by atoms with Crippen LogP contribution in [-0.2, 0) is 9.53 Å². The Hall–Kier alpha value is -0.260. The van der Waals surface area contributed by atoms with Crippen molar-refractivity contribution in [1.82, 2.24) is 10.2 Å². The van der Waals surface area contributed by atoms with Gasteiger partial charge in [-0.15, -0.1) is 0 Å². The molecule has 2 aliphatic heterocycles. The smallest absolute Gasteiger partial charge is 0.225 e. The van der Waals surface area contributed by atoms with E-state index in [0.29, 0.717) is 11.7 Å². The first-order valence-electron chi connectivity index (χ1n) is 6.51. The Morgan fingerprint density at radius 1 is 1.59 bits per heavy atom. The van der Waals surface area contributed by atoms with E-state index in [2.05, 4.69) is 12.2 Å². The summed E-state index contributed by atoms with van der Waals surface area (Å²) in [6.45, 7) is 6.46. The first kappa shape index (κ1) is 13.2. The molecular formula is C12H22N2O2S. The Kier molecular flexibility index (Phi) is 5.13. The molecule has 0 aliphatic carbocycles. The van der Waals surface area contributed by atoms with Crippen LogP contribution in [0.25, 0.3) is 0 Å². The maximum atomic E-state index is 12.1. The number of ether oxygens (including phenoxy) is 1. The standard InChI is InChI=1S/C12H22N2O2S/c1-2-11-9-14(4-6-17-11)12(15)7-10-8-13-3-5-16-10/h10-11,13H,2-9H2,1H3. The van der Waals surface area contributed by atoms with Crippen LogP contribution in [0.3, 0.4) is 0 Å². The lowest BCUT2D eigenvalue weighted by atomic mass is 10.2. The lowest BCUT2D eigenvalue weighted by Crippen LogP contribution is -2.46. The van der Waals surface area contributed by atoms with E-state index in [1.807, 2.05) is 16.7 Å². The summed E-state index contributed by atoms with van der Waals surface area (Å²) in [5.74, 6) is 1.34. The van der Waals surface area contributed by atoms with Gasteiger partial charge in [-0.1, -0.05) is 6.92 Å². The van der Waals surface area contributed by atoms with Crippen molar-refractivity contribution in [3.63, 3.8) is 0 Å². The van der Waals surface area contributed by atoms with Crippen molar-refractivity contribution in [2.24, 2.45) is 0 Å². The van der Waals surface area contributed by atoms with Crippen molar-refractivity contribution < 1.29 is 9.53 Å². The highest BCUT2D eigenvalue weighted by Crippen LogP contribution is 2.21. The monoisotopic (exact) mass is 258 g/mol. The van der Waals surface area contributed by atoms with Gasteiger partial charge in [-0.25, -0.2) is 0 Å². The molecule has 2 fully saturated rings. The van der Waals surface area contributed by atoms with Gasteiger partial charge in [-0.2, -0.15) is 11.8 Å². The number of carbonyl (C=O) groups is 1. The SMILES string of the molecule is CCC1CN(C(=O)CC2CNCCO2)CCS1. The molecule has 2 rings (SSSR count). The van der Waals surface area contributed by atoms with Crippen LogP contribution in [0, 0.1) is 0 Å². The molecule has 0 saturated carbocycles. The van der Waals surface area contributed by atoms with Crippen molar-refractivity contribution in [2.45, 2.75) is 31.1 Å². The van der Waals surface area contributed by atoms with Crippen molar-refractivity contribution in [3.8, 4) is 0 Å². The summed E-state index contributed by atoms with van der Waals surface area (Å²) in [6, 6.07) is 0. The zero-order valence-electron chi connectivity index (χ0n) is 10.5. The van der Waals surface area contributed by atoms with Crippen LogP contribution in [-0.4, -0.2) is 60.7 Å². The summed E-state index contributed by atoms with van der Waals surface area (Å²) in [7, 11) is 0. The quantitative estimate of drug-likeness (QED) is 0.810. The number of morpholine rings is 1. The van der Waals surface area contributed by atoms with Crippen LogP contribution in [0.2, 0.25) is 0 Å². The third-order valence-corrected chi connectivity index (χ3v) is 4.73. The zero-order valence-corrected chi connectivity index (χ0v) is 11.3. The molecule has 2 unspecified atom stereocenters. The molecule has 0 bridgehead atoms. The van der Waals surface area contributed by atoms with Crippen LogP contribution < -0.4 is 5.32 Å². The number of nitrogens with one attached hydrogen (secondary N) is 1. The highest BCUT2D eigenvalue weighted by Gasteiger charge is 2.25. The highest BCUT2D eigenvalue weighted by molar-refractivity contribution is 8.00.